The minimum absolute atomic E-state index is 0. The lowest BCUT2D eigenvalue weighted by Crippen LogP contribution is -2.45. The number of benzene rings is 1. The Bertz CT molecular complexity index is 395. The van der Waals surface area contributed by atoms with Gasteiger partial charge in [-0.2, -0.15) is 0 Å². The molecule has 19 heavy (non-hydrogen) atoms. The summed E-state index contributed by atoms with van der Waals surface area (Å²) in [6.45, 7) is 6.02. The largest absolute Gasteiger partial charge is 0.314 e. The third-order valence-electron chi connectivity index (χ3n) is 3.49. The van der Waals surface area contributed by atoms with Crippen molar-refractivity contribution in [1.29, 1.82) is 0 Å². The molecular weight excluding hydrogens is 286 g/mol. The summed E-state index contributed by atoms with van der Waals surface area (Å²) in [4.78, 5) is 2.36. The number of nitrogens with one attached hydrogen (secondary N) is 1. The number of piperazine rings is 1. The Hall–Kier alpha value is -0.350. The van der Waals surface area contributed by atoms with Gasteiger partial charge in [0.25, 0.3) is 0 Å². The van der Waals surface area contributed by atoms with Gasteiger partial charge in [-0.05, 0) is 12.5 Å². The standard InChI is InChI=1S/C14H20ClFN2.ClH/c1-2-4-13(18-9-7-17-8-10-18)11-5-3-6-12(15)14(11)16;/h3,5-6,13,17H,2,4,7-10H2,1H3;1H/t13-;/m1./s1. The smallest absolute Gasteiger partial charge is 0.146 e. The van der Waals surface area contributed by atoms with Crippen LogP contribution in [0, 0.1) is 5.82 Å². The quantitative estimate of drug-likeness (QED) is 0.913. The molecule has 1 aliphatic heterocycles. The fourth-order valence-electron chi connectivity index (χ4n) is 2.58. The molecule has 1 aliphatic rings. The summed E-state index contributed by atoms with van der Waals surface area (Å²) in [7, 11) is 0. The van der Waals surface area contributed by atoms with Crippen molar-refractivity contribution in [3.8, 4) is 0 Å². The molecule has 1 fully saturated rings. The highest BCUT2D eigenvalue weighted by Gasteiger charge is 2.24. The monoisotopic (exact) mass is 306 g/mol. The number of rotatable bonds is 4. The van der Waals surface area contributed by atoms with Crippen LogP contribution in [0.25, 0.3) is 0 Å². The van der Waals surface area contributed by atoms with E-state index in [0.717, 1.165) is 44.6 Å². The molecule has 0 saturated carbocycles. The third-order valence-corrected chi connectivity index (χ3v) is 3.79. The Labute approximate surface area is 125 Å². The van der Waals surface area contributed by atoms with Gasteiger partial charge in [-0.1, -0.05) is 37.1 Å². The lowest BCUT2D eigenvalue weighted by Gasteiger charge is -2.35. The molecule has 1 heterocycles. The van der Waals surface area contributed by atoms with Crippen LogP contribution in [0.4, 0.5) is 4.39 Å². The molecule has 0 spiro atoms. The van der Waals surface area contributed by atoms with E-state index in [1.165, 1.54) is 0 Å². The predicted molar refractivity (Wildman–Crippen MR) is 80.7 cm³/mol. The van der Waals surface area contributed by atoms with Crippen LogP contribution in [0.2, 0.25) is 5.02 Å². The van der Waals surface area contributed by atoms with Crippen molar-refractivity contribution < 1.29 is 4.39 Å². The fourth-order valence-corrected chi connectivity index (χ4v) is 2.76. The van der Waals surface area contributed by atoms with E-state index in [1.807, 2.05) is 12.1 Å². The zero-order chi connectivity index (χ0) is 13.0. The predicted octanol–water partition coefficient (Wildman–Crippen LogP) is 3.65. The molecule has 1 aromatic rings. The van der Waals surface area contributed by atoms with E-state index in [-0.39, 0.29) is 29.3 Å². The highest BCUT2D eigenvalue weighted by molar-refractivity contribution is 6.30. The first kappa shape index (κ1) is 16.7. The van der Waals surface area contributed by atoms with Gasteiger partial charge < -0.3 is 5.32 Å². The van der Waals surface area contributed by atoms with Gasteiger partial charge in [0.2, 0.25) is 0 Å². The minimum atomic E-state index is -0.254. The van der Waals surface area contributed by atoms with Gasteiger partial charge >= 0.3 is 0 Å². The molecule has 1 saturated heterocycles. The van der Waals surface area contributed by atoms with E-state index in [1.54, 1.807) is 6.07 Å². The summed E-state index contributed by atoms with van der Waals surface area (Å²) in [5.41, 5.74) is 0.742. The summed E-state index contributed by atoms with van der Waals surface area (Å²) in [6, 6.07) is 5.46. The normalized spacial score (nSPS) is 17.8. The summed E-state index contributed by atoms with van der Waals surface area (Å²) in [5, 5.41) is 3.55. The summed E-state index contributed by atoms with van der Waals surface area (Å²) >= 11 is 5.89. The van der Waals surface area contributed by atoms with Crippen LogP contribution >= 0.6 is 24.0 Å². The Kier molecular flexibility index (Phi) is 7.08. The second-order valence-electron chi connectivity index (χ2n) is 4.73. The van der Waals surface area contributed by atoms with Gasteiger partial charge in [0, 0.05) is 37.8 Å². The van der Waals surface area contributed by atoms with Crippen LogP contribution < -0.4 is 5.32 Å². The Morgan fingerprint density at radius 1 is 1.37 bits per heavy atom. The average Bonchev–Trinajstić information content (AvgIpc) is 2.41. The van der Waals surface area contributed by atoms with Gasteiger partial charge in [-0.15, -0.1) is 12.4 Å². The van der Waals surface area contributed by atoms with Gasteiger partial charge in [0.15, 0.2) is 0 Å². The summed E-state index contributed by atoms with van der Waals surface area (Å²) in [5.74, 6) is -0.254. The molecule has 2 rings (SSSR count). The maximum atomic E-state index is 14.2. The van der Waals surface area contributed by atoms with Gasteiger partial charge in [-0.25, -0.2) is 4.39 Å². The van der Waals surface area contributed by atoms with Gasteiger partial charge in [0.05, 0.1) is 5.02 Å². The minimum Gasteiger partial charge on any atom is -0.314 e. The molecular formula is C14H21Cl2FN2. The Balaban J connectivity index is 0.00000180. The van der Waals surface area contributed by atoms with E-state index < -0.39 is 0 Å². The number of halogens is 3. The van der Waals surface area contributed by atoms with Crippen LogP contribution in [0.3, 0.4) is 0 Å². The first-order chi connectivity index (χ1) is 8.74. The van der Waals surface area contributed by atoms with Crippen molar-refractivity contribution in [2.75, 3.05) is 26.2 Å². The number of hydrogen-bond acceptors (Lipinski definition) is 2. The van der Waals surface area contributed by atoms with Crippen LogP contribution in [-0.4, -0.2) is 31.1 Å². The molecule has 1 atom stereocenters. The van der Waals surface area contributed by atoms with E-state index in [9.17, 15) is 4.39 Å². The van der Waals surface area contributed by atoms with Gasteiger partial charge in [0.1, 0.15) is 5.82 Å². The first-order valence-corrected chi connectivity index (χ1v) is 7.00. The van der Waals surface area contributed by atoms with Crippen molar-refractivity contribution >= 4 is 24.0 Å². The average molecular weight is 307 g/mol. The fraction of sp³-hybridized carbons (Fsp3) is 0.571. The molecule has 0 aromatic heterocycles. The maximum Gasteiger partial charge on any atom is 0.146 e. The van der Waals surface area contributed by atoms with Crippen molar-refractivity contribution in [3.63, 3.8) is 0 Å². The van der Waals surface area contributed by atoms with Crippen molar-refractivity contribution in [2.45, 2.75) is 25.8 Å². The third kappa shape index (κ3) is 4.06. The molecule has 0 aliphatic carbocycles. The summed E-state index contributed by atoms with van der Waals surface area (Å²) < 4.78 is 14.2. The Morgan fingerprint density at radius 2 is 2.05 bits per heavy atom. The van der Waals surface area contributed by atoms with Crippen molar-refractivity contribution in [3.05, 3.63) is 34.6 Å². The zero-order valence-electron chi connectivity index (χ0n) is 11.2. The van der Waals surface area contributed by atoms with Crippen molar-refractivity contribution in [2.24, 2.45) is 0 Å². The summed E-state index contributed by atoms with van der Waals surface area (Å²) in [6.07, 6.45) is 2.01. The second kappa shape index (κ2) is 8.05. The SMILES string of the molecule is CCC[C@H](c1cccc(Cl)c1F)N1CCNCC1.Cl. The molecule has 0 unspecified atom stereocenters. The van der Waals surface area contributed by atoms with Crippen LogP contribution in [0.1, 0.15) is 31.4 Å². The molecule has 0 bridgehead atoms. The van der Waals surface area contributed by atoms with E-state index in [2.05, 4.69) is 17.1 Å². The van der Waals surface area contributed by atoms with Gasteiger partial charge in [-0.3, -0.25) is 4.90 Å². The topological polar surface area (TPSA) is 15.3 Å². The molecule has 5 heteroatoms. The molecule has 0 amide bonds. The van der Waals surface area contributed by atoms with Crippen LogP contribution in [0.15, 0.2) is 18.2 Å². The molecule has 2 nitrogen and oxygen atoms in total. The highest BCUT2D eigenvalue weighted by atomic mass is 35.5. The van der Waals surface area contributed by atoms with E-state index in [4.69, 9.17) is 11.6 Å². The maximum absolute atomic E-state index is 14.2. The Morgan fingerprint density at radius 3 is 2.68 bits per heavy atom. The molecule has 1 N–H and O–H groups in total. The molecule has 1 aromatic carbocycles. The van der Waals surface area contributed by atoms with Crippen LogP contribution in [-0.2, 0) is 0 Å². The van der Waals surface area contributed by atoms with E-state index >= 15 is 0 Å². The highest BCUT2D eigenvalue weighted by Crippen LogP contribution is 2.30. The first-order valence-electron chi connectivity index (χ1n) is 6.62. The number of hydrogen-bond donors (Lipinski definition) is 1. The molecule has 108 valence electrons. The van der Waals surface area contributed by atoms with E-state index in [0.29, 0.717) is 0 Å². The second-order valence-corrected chi connectivity index (χ2v) is 5.14. The lowest BCUT2D eigenvalue weighted by atomic mass is 9.99. The van der Waals surface area contributed by atoms with Crippen LogP contribution in [0.5, 0.6) is 0 Å². The molecule has 0 radical (unpaired) electrons. The lowest BCUT2D eigenvalue weighted by molar-refractivity contribution is 0.161. The number of nitrogens with zero attached hydrogens (tertiary/aromatic N) is 1. The van der Waals surface area contributed by atoms with Crippen molar-refractivity contribution in [1.82, 2.24) is 10.2 Å². The zero-order valence-corrected chi connectivity index (χ0v) is 12.7.